The summed E-state index contributed by atoms with van der Waals surface area (Å²) in [5, 5.41) is 1.77. The lowest BCUT2D eigenvalue weighted by Gasteiger charge is -2.13. The summed E-state index contributed by atoms with van der Waals surface area (Å²) in [7, 11) is 7.63. The number of aromatic nitrogens is 6. The van der Waals surface area contributed by atoms with Gasteiger partial charge in [-0.3, -0.25) is 9.59 Å². The van der Waals surface area contributed by atoms with Crippen LogP contribution in [-0.2, 0) is 24.1 Å². The van der Waals surface area contributed by atoms with E-state index in [2.05, 4.69) is 31.7 Å². The average Bonchev–Trinajstić information content (AvgIpc) is 4.16. The second-order valence-electron chi connectivity index (χ2n) is 15.1. The van der Waals surface area contributed by atoms with E-state index in [1.165, 1.54) is 37.7 Å². The minimum absolute atomic E-state index is 0. The Hall–Kier alpha value is -8.11. The van der Waals surface area contributed by atoms with E-state index in [1.54, 1.807) is 87.1 Å². The van der Waals surface area contributed by atoms with E-state index < -0.39 is 10.0 Å². The number of ketones is 2. The first-order valence-electron chi connectivity index (χ1n) is 20.5. The van der Waals surface area contributed by atoms with E-state index >= 15 is 0 Å². The maximum absolute atomic E-state index is 13.4. The molecule has 0 saturated heterocycles. The van der Waals surface area contributed by atoms with Gasteiger partial charge in [0.25, 0.3) is 10.0 Å². The second kappa shape index (κ2) is 19.2. The smallest absolute Gasteiger partial charge is 0.268 e. The van der Waals surface area contributed by atoms with Crippen molar-refractivity contribution in [1.29, 1.82) is 0 Å². The Bertz CT molecular complexity index is 3350. The third-order valence-electron chi connectivity index (χ3n) is 11.2. The van der Waals surface area contributed by atoms with Gasteiger partial charge in [-0.1, -0.05) is 62.0 Å². The maximum Gasteiger partial charge on any atom is 0.268 e. The summed E-state index contributed by atoms with van der Waals surface area (Å²) in [5.41, 5.74) is 5.37. The molecule has 344 valence electrons. The normalized spacial score (nSPS) is 11.1. The SMILES string of the molecule is C.COc1cc(C(=O)c2cn(C)c(-c3cn(C)c4ccccc34)n2)cc(OC)c1C.COc1cc(C(=O)c2cnc(-c3cn(S(=O)(=O)c4ccccc4)c4ccccc34)[nH]2)cc(OC)c1OC. The minimum atomic E-state index is -3.86. The summed E-state index contributed by atoms with van der Waals surface area (Å²) < 4.78 is 58.9. The number of imidazole rings is 2. The summed E-state index contributed by atoms with van der Waals surface area (Å²) in [4.78, 5) is 38.8. The molecule has 0 amide bonds. The second-order valence-corrected chi connectivity index (χ2v) is 16.9. The summed E-state index contributed by atoms with van der Waals surface area (Å²) in [6, 6.07) is 30.0. The van der Waals surface area contributed by atoms with E-state index in [4.69, 9.17) is 23.7 Å². The average molecular weight is 923 g/mol. The van der Waals surface area contributed by atoms with Crippen LogP contribution in [0.15, 0.2) is 133 Å². The minimum Gasteiger partial charge on any atom is -0.496 e. The molecule has 15 nitrogen and oxygen atoms in total. The number of nitrogens with one attached hydrogen (secondary N) is 1. The Balaban J connectivity index is 0.000000202. The highest BCUT2D eigenvalue weighted by molar-refractivity contribution is 7.90. The summed E-state index contributed by atoms with van der Waals surface area (Å²) in [5.74, 6) is 2.86. The van der Waals surface area contributed by atoms with E-state index in [1.807, 2.05) is 56.0 Å². The largest absolute Gasteiger partial charge is 0.496 e. The molecule has 4 aromatic heterocycles. The summed E-state index contributed by atoms with van der Waals surface area (Å²) in [6.45, 7) is 1.89. The quantitative estimate of drug-likeness (QED) is 0.109. The third kappa shape index (κ3) is 8.61. The highest BCUT2D eigenvalue weighted by Crippen LogP contribution is 2.39. The van der Waals surface area contributed by atoms with E-state index in [9.17, 15) is 18.0 Å². The molecular formula is C51H50N6O9S. The van der Waals surface area contributed by atoms with E-state index in [-0.39, 0.29) is 29.6 Å². The van der Waals surface area contributed by atoms with Crippen molar-refractivity contribution in [1.82, 2.24) is 28.1 Å². The van der Waals surface area contributed by atoms with Crippen LogP contribution in [0.1, 0.15) is 45.1 Å². The molecule has 0 aliphatic carbocycles. The molecule has 0 atom stereocenters. The number of aromatic amines is 1. The maximum atomic E-state index is 13.4. The van der Waals surface area contributed by atoms with Crippen LogP contribution in [0.5, 0.6) is 28.7 Å². The molecule has 4 heterocycles. The molecule has 0 spiro atoms. The Morgan fingerprint density at radius 2 is 1.15 bits per heavy atom. The summed E-state index contributed by atoms with van der Waals surface area (Å²) >= 11 is 0. The molecule has 1 N–H and O–H groups in total. The summed E-state index contributed by atoms with van der Waals surface area (Å²) in [6.07, 6.45) is 6.73. The van der Waals surface area contributed by atoms with Gasteiger partial charge in [0.05, 0.1) is 52.2 Å². The molecule has 0 aliphatic rings. The Morgan fingerprint density at radius 1 is 0.612 bits per heavy atom. The number of H-pyrrole nitrogens is 1. The van der Waals surface area contributed by atoms with Crippen molar-refractivity contribution in [2.45, 2.75) is 19.2 Å². The molecule has 0 radical (unpaired) electrons. The van der Waals surface area contributed by atoms with Gasteiger partial charge in [0.15, 0.2) is 11.5 Å². The topological polar surface area (TPSA) is 171 Å². The van der Waals surface area contributed by atoms with Gasteiger partial charge in [0.1, 0.15) is 34.5 Å². The molecule has 0 saturated carbocycles. The number of benzene rings is 5. The molecule has 16 heteroatoms. The fourth-order valence-corrected chi connectivity index (χ4v) is 9.29. The standard InChI is InChI=1S/C27H23N3O6S.C23H23N3O3.CH4/c1-34-23-13-17(14-24(35-2)26(23)36-3)25(31)21-15-28-27(29-21)20-16-30(22-12-8-7-11-19(20)22)37(32,33)18-9-5-4-6-10-18;1-14-20(28-4)10-15(11-21(14)29-5)22(27)18-13-26(3)23(24-18)17-12-25(2)19-9-7-6-8-16(17)19;/h4-16H,1-3H3,(H,28,29);6-13H,1-5H3;1H4. The lowest BCUT2D eigenvalue weighted by atomic mass is 10.0. The zero-order chi connectivity index (χ0) is 46.9. The van der Waals surface area contributed by atoms with E-state index in [0.717, 1.165) is 27.9 Å². The van der Waals surface area contributed by atoms with Crippen molar-refractivity contribution in [2.75, 3.05) is 35.5 Å². The molecule has 0 aliphatic heterocycles. The van der Waals surface area contributed by atoms with Crippen molar-refractivity contribution in [3.05, 3.63) is 156 Å². The molecule has 0 unspecified atom stereocenters. The van der Waals surface area contributed by atoms with Crippen LogP contribution >= 0.6 is 0 Å². The number of aryl methyl sites for hydroxylation is 2. The van der Waals surface area contributed by atoms with Crippen LogP contribution in [0, 0.1) is 6.92 Å². The molecular weight excluding hydrogens is 873 g/mol. The van der Waals surface area contributed by atoms with Gasteiger partial charge in [-0.05, 0) is 55.5 Å². The number of nitrogens with zero attached hydrogens (tertiary/aromatic N) is 5. The van der Waals surface area contributed by atoms with Crippen molar-refractivity contribution >= 4 is 43.4 Å². The Kier molecular flexibility index (Phi) is 13.4. The Morgan fingerprint density at radius 3 is 1.75 bits per heavy atom. The molecule has 5 aromatic carbocycles. The van der Waals surface area contributed by atoms with Crippen LogP contribution in [0.4, 0.5) is 0 Å². The molecule has 0 fully saturated rings. The molecule has 9 aromatic rings. The van der Waals surface area contributed by atoms with Gasteiger partial charge in [-0.2, -0.15) is 0 Å². The van der Waals surface area contributed by atoms with Gasteiger partial charge in [0, 0.05) is 76.8 Å². The van der Waals surface area contributed by atoms with Gasteiger partial charge < -0.3 is 37.8 Å². The van der Waals surface area contributed by atoms with Gasteiger partial charge in [-0.25, -0.2) is 22.4 Å². The van der Waals surface area contributed by atoms with Crippen LogP contribution < -0.4 is 23.7 Å². The number of para-hydroxylation sites is 2. The van der Waals surface area contributed by atoms with Crippen LogP contribution in [0.25, 0.3) is 44.6 Å². The number of methoxy groups -OCH3 is 5. The number of rotatable bonds is 13. The first-order valence-corrected chi connectivity index (χ1v) is 21.9. The van der Waals surface area contributed by atoms with Crippen molar-refractivity contribution in [2.24, 2.45) is 14.1 Å². The third-order valence-corrected chi connectivity index (χ3v) is 12.9. The van der Waals surface area contributed by atoms with Gasteiger partial charge >= 0.3 is 0 Å². The number of carbonyl (C=O) groups excluding carboxylic acids is 2. The first kappa shape index (κ1) is 46.9. The molecule has 9 rings (SSSR count). The lowest BCUT2D eigenvalue weighted by Crippen LogP contribution is -2.11. The number of fused-ring (bicyclic) bond motifs is 2. The van der Waals surface area contributed by atoms with Gasteiger partial charge in [0.2, 0.25) is 17.3 Å². The predicted molar refractivity (Wildman–Crippen MR) is 258 cm³/mol. The Labute approximate surface area is 388 Å². The zero-order valence-electron chi connectivity index (χ0n) is 37.4. The number of hydrogen-bond acceptors (Lipinski definition) is 11. The number of hydrogen-bond donors (Lipinski definition) is 1. The predicted octanol–water partition coefficient (Wildman–Crippen LogP) is 9.30. The fraction of sp³-hybridized carbons (Fsp3) is 0.176. The van der Waals surface area contributed by atoms with Crippen molar-refractivity contribution in [3.63, 3.8) is 0 Å². The highest BCUT2D eigenvalue weighted by atomic mass is 32.2. The van der Waals surface area contributed by atoms with Crippen LogP contribution in [0.2, 0.25) is 0 Å². The monoisotopic (exact) mass is 922 g/mol. The molecule has 0 bridgehead atoms. The highest BCUT2D eigenvalue weighted by Gasteiger charge is 2.25. The van der Waals surface area contributed by atoms with Gasteiger partial charge in [-0.15, -0.1) is 0 Å². The van der Waals surface area contributed by atoms with E-state index in [0.29, 0.717) is 67.9 Å². The zero-order valence-corrected chi connectivity index (χ0v) is 38.3. The number of carbonyl (C=O) groups is 2. The molecule has 67 heavy (non-hydrogen) atoms. The first-order chi connectivity index (χ1) is 31.8. The fourth-order valence-electron chi connectivity index (χ4n) is 7.90. The van der Waals surface area contributed by atoms with Crippen LogP contribution in [-0.4, -0.2) is 83.6 Å². The van der Waals surface area contributed by atoms with Crippen molar-refractivity contribution < 1.29 is 41.7 Å². The van der Waals surface area contributed by atoms with Crippen LogP contribution in [0.3, 0.4) is 0 Å². The lowest BCUT2D eigenvalue weighted by molar-refractivity contribution is 0.102. The van der Waals surface area contributed by atoms with Crippen molar-refractivity contribution in [3.8, 4) is 51.5 Å². The number of ether oxygens (including phenoxy) is 5.